The van der Waals surface area contributed by atoms with Gasteiger partial charge in [0, 0.05) is 5.56 Å². The number of benzene rings is 2. The molecule has 2 aromatic rings. The molecule has 0 atom stereocenters. The Labute approximate surface area is 124 Å². The number of ether oxygens (including phenoxy) is 1. The summed E-state index contributed by atoms with van der Waals surface area (Å²) in [6.07, 6.45) is 0. The van der Waals surface area contributed by atoms with E-state index in [1.54, 1.807) is 12.1 Å². The van der Waals surface area contributed by atoms with E-state index in [2.05, 4.69) is 0 Å². The van der Waals surface area contributed by atoms with Crippen molar-refractivity contribution in [1.82, 2.24) is 0 Å². The van der Waals surface area contributed by atoms with Crippen LogP contribution in [0.5, 0.6) is 5.75 Å². The molecule has 0 amide bonds. The third kappa shape index (κ3) is 3.48. The number of aryl methyl sites for hydroxylation is 4. The van der Waals surface area contributed by atoms with Gasteiger partial charge in [0.05, 0.1) is 0 Å². The monoisotopic (exact) mass is 286 g/mol. The van der Waals surface area contributed by atoms with Gasteiger partial charge >= 0.3 is 0 Å². The Hall–Kier alpha value is -2.16. The maximum Gasteiger partial charge on any atom is 0.200 e. The highest BCUT2D eigenvalue weighted by molar-refractivity contribution is 5.98. The normalized spacial score (nSPS) is 10.5. The van der Waals surface area contributed by atoms with E-state index in [1.807, 2.05) is 39.8 Å². The molecule has 0 aliphatic rings. The Morgan fingerprint density at radius 2 is 1.67 bits per heavy atom. The summed E-state index contributed by atoms with van der Waals surface area (Å²) in [6, 6.07) is 8.45. The topological polar surface area (TPSA) is 26.3 Å². The molecule has 0 fully saturated rings. The lowest BCUT2D eigenvalue weighted by Crippen LogP contribution is -2.14. The molecule has 0 aromatic heterocycles. The fourth-order valence-electron chi connectivity index (χ4n) is 2.20. The van der Waals surface area contributed by atoms with Crippen LogP contribution in [0.25, 0.3) is 0 Å². The van der Waals surface area contributed by atoms with Gasteiger partial charge in [-0.05, 0) is 68.1 Å². The molecule has 2 nitrogen and oxygen atoms in total. The third-order valence-corrected chi connectivity index (χ3v) is 3.59. The van der Waals surface area contributed by atoms with Crippen molar-refractivity contribution >= 4 is 5.78 Å². The van der Waals surface area contributed by atoms with Gasteiger partial charge in [-0.1, -0.05) is 12.1 Å². The van der Waals surface area contributed by atoms with Crippen molar-refractivity contribution in [2.24, 2.45) is 0 Å². The van der Waals surface area contributed by atoms with Gasteiger partial charge in [0.25, 0.3) is 0 Å². The minimum absolute atomic E-state index is 0.116. The first-order valence-corrected chi connectivity index (χ1v) is 6.88. The first-order valence-electron chi connectivity index (χ1n) is 6.88. The van der Waals surface area contributed by atoms with Gasteiger partial charge in [0.15, 0.2) is 24.0 Å². The molecule has 21 heavy (non-hydrogen) atoms. The lowest BCUT2D eigenvalue weighted by atomic mass is 9.98. The Morgan fingerprint density at radius 1 is 1.00 bits per heavy atom. The smallest absolute Gasteiger partial charge is 0.200 e. The Morgan fingerprint density at radius 3 is 2.38 bits per heavy atom. The number of Topliss-reactive ketones (excluding diaryl/α,β-unsaturated/α-hetero) is 1. The molecule has 0 spiro atoms. The highest BCUT2D eigenvalue weighted by Gasteiger charge is 2.13. The molecule has 0 saturated carbocycles. The van der Waals surface area contributed by atoms with Gasteiger partial charge in [-0.15, -0.1) is 0 Å². The zero-order valence-electron chi connectivity index (χ0n) is 12.8. The zero-order valence-corrected chi connectivity index (χ0v) is 12.8. The fraction of sp³-hybridized carbons (Fsp3) is 0.278. The third-order valence-electron chi connectivity index (χ3n) is 3.59. The lowest BCUT2D eigenvalue weighted by molar-refractivity contribution is 0.0918. The van der Waals surface area contributed by atoms with Gasteiger partial charge in [-0.2, -0.15) is 0 Å². The van der Waals surface area contributed by atoms with Crippen LogP contribution in [0, 0.1) is 33.5 Å². The van der Waals surface area contributed by atoms with Crippen LogP contribution in [-0.4, -0.2) is 12.4 Å². The van der Waals surface area contributed by atoms with E-state index in [-0.39, 0.29) is 18.1 Å². The van der Waals surface area contributed by atoms with E-state index in [0.717, 1.165) is 22.3 Å². The van der Waals surface area contributed by atoms with Crippen molar-refractivity contribution in [3.8, 4) is 5.75 Å². The quantitative estimate of drug-likeness (QED) is 0.782. The van der Waals surface area contributed by atoms with Crippen molar-refractivity contribution in [3.05, 3.63) is 64.0 Å². The molecule has 0 N–H and O–H groups in total. The fourth-order valence-corrected chi connectivity index (χ4v) is 2.20. The van der Waals surface area contributed by atoms with Crippen LogP contribution >= 0.6 is 0 Å². The van der Waals surface area contributed by atoms with E-state index in [4.69, 9.17) is 4.74 Å². The van der Waals surface area contributed by atoms with E-state index < -0.39 is 5.82 Å². The second kappa shape index (κ2) is 6.08. The van der Waals surface area contributed by atoms with Crippen molar-refractivity contribution < 1.29 is 13.9 Å². The summed E-state index contributed by atoms with van der Waals surface area (Å²) in [4.78, 5) is 12.3. The molecule has 0 heterocycles. The zero-order chi connectivity index (χ0) is 15.6. The Kier molecular flexibility index (Phi) is 4.41. The molecular weight excluding hydrogens is 267 g/mol. The van der Waals surface area contributed by atoms with Crippen molar-refractivity contribution in [2.45, 2.75) is 27.7 Å². The molecule has 0 radical (unpaired) electrons. The minimum atomic E-state index is -0.454. The highest BCUT2D eigenvalue weighted by atomic mass is 19.1. The van der Waals surface area contributed by atoms with Crippen molar-refractivity contribution in [3.63, 3.8) is 0 Å². The maximum atomic E-state index is 13.6. The Bertz CT molecular complexity index is 690. The lowest BCUT2D eigenvalue weighted by Gasteiger charge is -2.11. The molecule has 2 aromatic carbocycles. The summed E-state index contributed by atoms with van der Waals surface area (Å²) >= 11 is 0. The van der Waals surface area contributed by atoms with Crippen LogP contribution in [-0.2, 0) is 0 Å². The molecule has 0 bridgehead atoms. The van der Waals surface area contributed by atoms with Crippen LogP contribution in [0.4, 0.5) is 4.39 Å². The predicted molar refractivity (Wildman–Crippen MR) is 81.6 cm³/mol. The average molecular weight is 286 g/mol. The van der Waals surface area contributed by atoms with Crippen LogP contribution < -0.4 is 4.74 Å². The molecule has 2 rings (SSSR count). The minimum Gasteiger partial charge on any atom is -0.482 e. The first kappa shape index (κ1) is 15.2. The van der Waals surface area contributed by atoms with Crippen LogP contribution in [0.15, 0.2) is 30.3 Å². The van der Waals surface area contributed by atoms with E-state index >= 15 is 0 Å². The summed E-state index contributed by atoms with van der Waals surface area (Å²) in [6.45, 7) is 7.56. The number of hydrogen-bond donors (Lipinski definition) is 0. The molecule has 0 aliphatic carbocycles. The number of rotatable bonds is 4. The van der Waals surface area contributed by atoms with Crippen LogP contribution in [0.1, 0.15) is 32.6 Å². The molecule has 3 heteroatoms. The first-order chi connectivity index (χ1) is 9.88. The summed E-state index contributed by atoms with van der Waals surface area (Å²) in [5, 5.41) is 0. The molecule has 110 valence electrons. The largest absolute Gasteiger partial charge is 0.482 e. The van der Waals surface area contributed by atoms with Gasteiger partial charge in [-0.25, -0.2) is 4.39 Å². The average Bonchev–Trinajstić information content (AvgIpc) is 2.43. The predicted octanol–water partition coefficient (Wildman–Crippen LogP) is 4.32. The number of carbonyl (C=O) groups excluding carboxylic acids is 1. The van der Waals surface area contributed by atoms with Crippen molar-refractivity contribution in [1.29, 1.82) is 0 Å². The molecule has 0 aliphatic heterocycles. The molecule has 0 unspecified atom stereocenters. The Balaban J connectivity index is 2.15. The number of ketones is 1. The SMILES string of the molecule is Cc1ccc(F)c(OCC(=O)c2cc(C)c(C)cc2C)c1. The number of hydrogen-bond acceptors (Lipinski definition) is 2. The van der Waals surface area contributed by atoms with E-state index in [0.29, 0.717) is 5.56 Å². The van der Waals surface area contributed by atoms with Gasteiger partial charge < -0.3 is 4.74 Å². The van der Waals surface area contributed by atoms with Crippen molar-refractivity contribution in [2.75, 3.05) is 6.61 Å². The number of halogens is 1. The highest BCUT2D eigenvalue weighted by Crippen LogP contribution is 2.20. The second-order valence-corrected chi connectivity index (χ2v) is 5.40. The molecule has 0 saturated heterocycles. The van der Waals surface area contributed by atoms with Crippen LogP contribution in [0.3, 0.4) is 0 Å². The summed E-state index contributed by atoms with van der Waals surface area (Å²) in [5.41, 5.74) is 4.64. The summed E-state index contributed by atoms with van der Waals surface area (Å²) < 4.78 is 18.9. The van der Waals surface area contributed by atoms with E-state index in [1.165, 1.54) is 6.07 Å². The number of carbonyl (C=O) groups is 1. The summed E-state index contributed by atoms with van der Waals surface area (Å²) in [5.74, 6) is -0.480. The van der Waals surface area contributed by atoms with Gasteiger partial charge in [0.2, 0.25) is 0 Å². The van der Waals surface area contributed by atoms with Crippen LogP contribution in [0.2, 0.25) is 0 Å². The molecular formula is C18H19FO2. The summed E-state index contributed by atoms with van der Waals surface area (Å²) in [7, 11) is 0. The van der Waals surface area contributed by atoms with Gasteiger partial charge in [0.1, 0.15) is 0 Å². The second-order valence-electron chi connectivity index (χ2n) is 5.40. The maximum absolute atomic E-state index is 13.6. The van der Waals surface area contributed by atoms with Gasteiger partial charge in [-0.3, -0.25) is 4.79 Å². The van der Waals surface area contributed by atoms with E-state index in [9.17, 15) is 9.18 Å². The standard InChI is InChI=1S/C18H19FO2/c1-11-5-6-16(19)18(7-11)21-10-17(20)15-9-13(3)12(2)8-14(15)4/h5-9H,10H2,1-4H3.